The predicted octanol–water partition coefficient (Wildman–Crippen LogP) is 3.65. The minimum absolute atomic E-state index is 0.0389. The van der Waals surface area contributed by atoms with E-state index in [1.165, 1.54) is 6.42 Å². The van der Waals surface area contributed by atoms with Crippen LogP contribution in [-0.4, -0.2) is 48.3 Å². The number of carboxylic acids is 1. The Morgan fingerprint density at radius 2 is 1.50 bits per heavy atom. The minimum Gasteiger partial charge on any atom is -0.481 e. The van der Waals surface area contributed by atoms with E-state index in [-0.39, 0.29) is 44.5 Å². The van der Waals surface area contributed by atoms with Crippen LogP contribution in [0.3, 0.4) is 0 Å². The SMILES string of the molecule is CCC(C)(CC(C)(C)C(=O)OCCOC(=O)CCC(=O)O)C(=O)OC1CCCCC1. The van der Waals surface area contributed by atoms with Gasteiger partial charge in [-0.05, 0) is 59.3 Å². The highest BCUT2D eigenvalue weighted by Crippen LogP contribution is 2.39. The van der Waals surface area contributed by atoms with E-state index in [4.69, 9.17) is 19.3 Å². The summed E-state index contributed by atoms with van der Waals surface area (Å²) in [5.41, 5.74) is -1.73. The second-order valence-corrected chi connectivity index (χ2v) is 8.89. The molecule has 1 aliphatic rings. The fourth-order valence-corrected chi connectivity index (χ4v) is 3.63. The Morgan fingerprint density at radius 3 is 2.07 bits per heavy atom. The van der Waals surface area contributed by atoms with Crippen molar-refractivity contribution in [1.82, 2.24) is 0 Å². The van der Waals surface area contributed by atoms with Crippen molar-refractivity contribution in [1.29, 1.82) is 0 Å². The molecular weight excluding hydrogens is 392 g/mol. The molecule has 1 aliphatic carbocycles. The Morgan fingerprint density at radius 1 is 0.900 bits per heavy atom. The highest BCUT2D eigenvalue weighted by atomic mass is 16.6. The van der Waals surface area contributed by atoms with Gasteiger partial charge in [0, 0.05) is 0 Å². The van der Waals surface area contributed by atoms with E-state index in [0.29, 0.717) is 6.42 Å². The van der Waals surface area contributed by atoms with E-state index in [1.54, 1.807) is 13.8 Å². The molecule has 8 nitrogen and oxygen atoms in total. The van der Waals surface area contributed by atoms with Gasteiger partial charge < -0.3 is 19.3 Å². The first-order valence-electron chi connectivity index (χ1n) is 10.8. The lowest BCUT2D eigenvalue weighted by Crippen LogP contribution is -2.40. The number of carbonyl (C=O) groups is 4. The molecule has 8 heteroatoms. The van der Waals surface area contributed by atoms with Crippen LogP contribution >= 0.6 is 0 Å². The molecule has 0 radical (unpaired) electrons. The summed E-state index contributed by atoms with van der Waals surface area (Å²) in [6, 6.07) is 0. The molecule has 1 unspecified atom stereocenters. The number of ether oxygens (including phenoxy) is 3. The summed E-state index contributed by atoms with van der Waals surface area (Å²) in [5.74, 6) is -2.50. The molecule has 1 rings (SSSR count). The lowest BCUT2D eigenvalue weighted by atomic mass is 9.72. The van der Waals surface area contributed by atoms with Crippen LogP contribution in [0.25, 0.3) is 0 Å². The van der Waals surface area contributed by atoms with E-state index in [2.05, 4.69) is 0 Å². The molecule has 1 saturated carbocycles. The average Bonchev–Trinajstić information content (AvgIpc) is 2.69. The zero-order valence-electron chi connectivity index (χ0n) is 18.7. The quantitative estimate of drug-likeness (QED) is 0.284. The first kappa shape index (κ1) is 25.9. The van der Waals surface area contributed by atoms with Crippen molar-refractivity contribution in [2.24, 2.45) is 10.8 Å². The van der Waals surface area contributed by atoms with Crippen LogP contribution in [0.1, 0.15) is 85.5 Å². The fraction of sp³-hybridized carbons (Fsp3) is 0.818. The van der Waals surface area contributed by atoms with E-state index >= 15 is 0 Å². The van der Waals surface area contributed by atoms with Gasteiger partial charge in [-0.15, -0.1) is 0 Å². The van der Waals surface area contributed by atoms with Crippen molar-refractivity contribution in [2.45, 2.75) is 91.6 Å². The minimum atomic E-state index is -1.08. The lowest BCUT2D eigenvalue weighted by molar-refractivity contribution is -0.169. The van der Waals surface area contributed by atoms with Gasteiger partial charge in [0.15, 0.2) is 0 Å². The van der Waals surface area contributed by atoms with Gasteiger partial charge in [-0.1, -0.05) is 13.3 Å². The number of hydrogen-bond acceptors (Lipinski definition) is 7. The maximum atomic E-state index is 12.8. The fourth-order valence-electron chi connectivity index (χ4n) is 3.63. The molecule has 1 N–H and O–H groups in total. The highest BCUT2D eigenvalue weighted by Gasteiger charge is 2.43. The molecular formula is C22H36O8. The van der Waals surface area contributed by atoms with Crippen LogP contribution < -0.4 is 0 Å². The Kier molecular flexibility index (Phi) is 10.3. The van der Waals surface area contributed by atoms with Gasteiger partial charge in [-0.3, -0.25) is 19.2 Å². The first-order valence-corrected chi connectivity index (χ1v) is 10.8. The van der Waals surface area contributed by atoms with E-state index < -0.39 is 28.7 Å². The van der Waals surface area contributed by atoms with Gasteiger partial charge in [0.2, 0.25) is 0 Å². The van der Waals surface area contributed by atoms with Crippen LogP contribution in [-0.2, 0) is 33.4 Å². The first-order chi connectivity index (χ1) is 14.0. The largest absolute Gasteiger partial charge is 0.481 e. The van der Waals surface area contributed by atoms with Crippen molar-refractivity contribution in [3.05, 3.63) is 0 Å². The summed E-state index contributed by atoms with van der Waals surface area (Å²) in [4.78, 5) is 47.2. The molecule has 0 aliphatic heterocycles. The maximum Gasteiger partial charge on any atom is 0.312 e. The van der Waals surface area contributed by atoms with Gasteiger partial charge in [-0.2, -0.15) is 0 Å². The maximum absolute atomic E-state index is 12.8. The van der Waals surface area contributed by atoms with Crippen LogP contribution in [0.2, 0.25) is 0 Å². The van der Waals surface area contributed by atoms with E-state index in [9.17, 15) is 19.2 Å². The average molecular weight is 429 g/mol. The molecule has 0 aromatic carbocycles. The summed E-state index contributed by atoms with van der Waals surface area (Å²) < 4.78 is 15.8. The summed E-state index contributed by atoms with van der Waals surface area (Å²) >= 11 is 0. The third-order valence-corrected chi connectivity index (χ3v) is 5.61. The third-order valence-electron chi connectivity index (χ3n) is 5.61. The summed E-state index contributed by atoms with van der Waals surface area (Å²) in [5, 5.41) is 8.53. The summed E-state index contributed by atoms with van der Waals surface area (Å²) in [6.45, 7) is 6.88. The molecule has 0 aromatic rings. The summed E-state index contributed by atoms with van der Waals surface area (Å²) in [6.07, 6.45) is 5.33. The third kappa shape index (κ3) is 8.71. The molecule has 1 fully saturated rings. The molecule has 0 spiro atoms. The number of carboxylic acid groups (broad SMARTS) is 1. The van der Waals surface area contributed by atoms with E-state index in [1.807, 2.05) is 13.8 Å². The smallest absolute Gasteiger partial charge is 0.312 e. The van der Waals surface area contributed by atoms with Gasteiger partial charge in [0.05, 0.1) is 23.7 Å². The molecule has 0 heterocycles. The standard InChI is InChI=1S/C22H36O8/c1-5-22(4,20(27)30-16-9-7-6-8-10-16)15-21(2,3)19(26)29-14-13-28-18(25)12-11-17(23)24/h16H,5-15H2,1-4H3,(H,23,24). The zero-order chi connectivity index (χ0) is 22.8. The molecule has 0 aromatic heterocycles. The molecule has 0 amide bonds. The zero-order valence-corrected chi connectivity index (χ0v) is 18.7. The van der Waals surface area contributed by atoms with Crippen LogP contribution in [0, 0.1) is 10.8 Å². The Labute approximate surface area is 178 Å². The van der Waals surface area contributed by atoms with E-state index in [0.717, 1.165) is 25.7 Å². The molecule has 30 heavy (non-hydrogen) atoms. The van der Waals surface area contributed by atoms with Crippen molar-refractivity contribution in [2.75, 3.05) is 13.2 Å². The topological polar surface area (TPSA) is 116 Å². The lowest BCUT2D eigenvalue weighted by Gasteiger charge is -2.35. The molecule has 1 atom stereocenters. The Hall–Kier alpha value is -2.12. The Bertz CT molecular complexity index is 606. The number of hydrogen-bond donors (Lipinski definition) is 1. The van der Waals surface area contributed by atoms with Crippen LogP contribution in [0.15, 0.2) is 0 Å². The van der Waals surface area contributed by atoms with Crippen molar-refractivity contribution < 1.29 is 38.5 Å². The molecule has 0 saturated heterocycles. The van der Waals surface area contributed by atoms with Gasteiger partial charge >= 0.3 is 23.9 Å². The van der Waals surface area contributed by atoms with Crippen LogP contribution in [0.5, 0.6) is 0 Å². The van der Waals surface area contributed by atoms with Gasteiger partial charge in [0.1, 0.15) is 19.3 Å². The number of carbonyl (C=O) groups excluding carboxylic acids is 3. The number of esters is 3. The van der Waals surface area contributed by atoms with Crippen molar-refractivity contribution >= 4 is 23.9 Å². The van der Waals surface area contributed by atoms with Gasteiger partial charge in [0.25, 0.3) is 0 Å². The monoisotopic (exact) mass is 428 g/mol. The van der Waals surface area contributed by atoms with Crippen molar-refractivity contribution in [3.8, 4) is 0 Å². The number of aliphatic carboxylic acids is 1. The second-order valence-electron chi connectivity index (χ2n) is 8.89. The van der Waals surface area contributed by atoms with Crippen molar-refractivity contribution in [3.63, 3.8) is 0 Å². The molecule has 172 valence electrons. The predicted molar refractivity (Wildman–Crippen MR) is 109 cm³/mol. The van der Waals surface area contributed by atoms with Gasteiger partial charge in [-0.25, -0.2) is 0 Å². The Balaban J connectivity index is 2.50. The normalized spacial score (nSPS) is 16.9. The van der Waals surface area contributed by atoms with Crippen LogP contribution in [0.4, 0.5) is 0 Å². The molecule has 0 bridgehead atoms. The number of rotatable bonds is 12. The summed E-state index contributed by atoms with van der Waals surface area (Å²) in [7, 11) is 0. The highest BCUT2D eigenvalue weighted by molar-refractivity contribution is 5.80. The second kappa shape index (κ2) is 11.9.